The minimum atomic E-state index is -4.41. The van der Waals surface area contributed by atoms with Crippen LogP contribution in [-0.4, -0.2) is 60.5 Å². The summed E-state index contributed by atoms with van der Waals surface area (Å²) in [4.78, 5) is 25.9. The lowest BCUT2D eigenvalue weighted by atomic mass is 9.96. The summed E-state index contributed by atoms with van der Waals surface area (Å²) in [5, 5.41) is 0. The van der Waals surface area contributed by atoms with E-state index in [-0.39, 0.29) is 25.5 Å². The van der Waals surface area contributed by atoms with Gasteiger partial charge in [0.1, 0.15) is 6.54 Å². The SMILES string of the molecule is CCN(CC(F)(F)F)C(=O)C1CCCN(C(=O)CN)C1. The molecule has 1 aliphatic heterocycles. The molecule has 8 heteroatoms. The highest BCUT2D eigenvalue weighted by molar-refractivity contribution is 5.82. The summed E-state index contributed by atoms with van der Waals surface area (Å²) >= 11 is 0. The third-order valence-electron chi connectivity index (χ3n) is 3.36. The minimum absolute atomic E-state index is 0.000319. The van der Waals surface area contributed by atoms with Crippen molar-refractivity contribution in [1.29, 1.82) is 0 Å². The Morgan fingerprint density at radius 2 is 2.05 bits per heavy atom. The zero-order valence-corrected chi connectivity index (χ0v) is 11.4. The number of nitrogens with zero attached hydrogens (tertiary/aromatic N) is 2. The van der Waals surface area contributed by atoms with Crippen molar-refractivity contribution in [3.05, 3.63) is 0 Å². The largest absolute Gasteiger partial charge is 0.406 e. The van der Waals surface area contributed by atoms with Crippen molar-refractivity contribution in [3.8, 4) is 0 Å². The maximum Gasteiger partial charge on any atom is 0.406 e. The van der Waals surface area contributed by atoms with Crippen molar-refractivity contribution in [1.82, 2.24) is 9.80 Å². The molecular weight excluding hydrogens is 275 g/mol. The maximum atomic E-state index is 12.4. The minimum Gasteiger partial charge on any atom is -0.341 e. The van der Waals surface area contributed by atoms with E-state index in [1.54, 1.807) is 0 Å². The summed E-state index contributed by atoms with van der Waals surface area (Å²) in [6, 6.07) is 0. The van der Waals surface area contributed by atoms with Crippen molar-refractivity contribution in [2.75, 3.05) is 32.7 Å². The van der Waals surface area contributed by atoms with E-state index in [1.165, 1.54) is 11.8 Å². The predicted octanol–water partition coefficient (Wildman–Crippen LogP) is 0.595. The van der Waals surface area contributed by atoms with E-state index in [9.17, 15) is 22.8 Å². The van der Waals surface area contributed by atoms with Crippen LogP contribution >= 0.6 is 0 Å². The van der Waals surface area contributed by atoms with Crippen LogP contribution in [0.2, 0.25) is 0 Å². The van der Waals surface area contributed by atoms with E-state index in [0.29, 0.717) is 19.4 Å². The Labute approximate surface area is 115 Å². The molecular formula is C12H20F3N3O2. The Hall–Kier alpha value is -1.31. The van der Waals surface area contributed by atoms with Crippen molar-refractivity contribution >= 4 is 11.8 Å². The maximum absolute atomic E-state index is 12.4. The average molecular weight is 295 g/mol. The molecule has 2 N–H and O–H groups in total. The molecule has 0 spiro atoms. The molecule has 1 saturated heterocycles. The molecule has 1 aliphatic rings. The standard InChI is InChI=1S/C12H20F3N3O2/c1-2-17(8-12(13,14)15)11(20)9-4-3-5-18(7-9)10(19)6-16/h9H,2-8,16H2,1H3. The summed E-state index contributed by atoms with van der Waals surface area (Å²) < 4.78 is 37.2. The first-order valence-electron chi connectivity index (χ1n) is 6.61. The molecule has 0 aliphatic carbocycles. The van der Waals surface area contributed by atoms with Crippen molar-refractivity contribution in [3.63, 3.8) is 0 Å². The topological polar surface area (TPSA) is 66.6 Å². The third-order valence-corrected chi connectivity index (χ3v) is 3.36. The zero-order valence-electron chi connectivity index (χ0n) is 11.4. The van der Waals surface area contributed by atoms with Crippen LogP contribution < -0.4 is 5.73 Å². The summed E-state index contributed by atoms with van der Waals surface area (Å²) in [5.74, 6) is -1.39. The molecule has 20 heavy (non-hydrogen) atoms. The number of carbonyl (C=O) groups is 2. The molecule has 2 amide bonds. The first kappa shape index (κ1) is 16.7. The predicted molar refractivity (Wildman–Crippen MR) is 66.7 cm³/mol. The Balaban J connectivity index is 2.67. The van der Waals surface area contributed by atoms with Crippen molar-refractivity contribution < 1.29 is 22.8 Å². The molecule has 0 aromatic heterocycles. The van der Waals surface area contributed by atoms with Gasteiger partial charge >= 0.3 is 6.18 Å². The van der Waals surface area contributed by atoms with Crippen LogP contribution in [-0.2, 0) is 9.59 Å². The van der Waals surface area contributed by atoms with Gasteiger partial charge in [0, 0.05) is 19.6 Å². The van der Waals surface area contributed by atoms with Gasteiger partial charge in [-0.05, 0) is 19.8 Å². The van der Waals surface area contributed by atoms with Crippen molar-refractivity contribution in [2.45, 2.75) is 25.9 Å². The van der Waals surface area contributed by atoms with E-state index >= 15 is 0 Å². The number of piperidine rings is 1. The van der Waals surface area contributed by atoms with Gasteiger partial charge in [-0.3, -0.25) is 9.59 Å². The van der Waals surface area contributed by atoms with Crippen LogP contribution in [0.4, 0.5) is 13.2 Å². The van der Waals surface area contributed by atoms with E-state index in [0.717, 1.165) is 4.90 Å². The van der Waals surface area contributed by atoms with Gasteiger partial charge in [-0.1, -0.05) is 0 Å². The van der Waals surface area contributed by atoms with Crippen molar-refractivity contribution in [2.24, 2.45) is 11.7 Å². The van der Waals surface area contributed by atoms with Gasteiger partial charge in [0.05, 0.1) is 12.5 Å². The van der Waals surface area contributed by atoms with Crippen LogP contribution in [0.1, 0.15) is 19.8 Å². The van der Waals surface area contributed by atoms with Gasteiger partial charge in [0.2, 0.25) is 11.8 Å². The molecule has 5 nitrogen and oxygen atoms in total. The van der Waals surface area contributed by atoms with E-state index in [2.05, 4.69) is 0 Å². The quantitative estimate of drug-likeness (QED) is 0.825. The highest BCUT2D eigenvalue weighted by Crippen LogP contribution is 2.22. The fourth-order valence-corrected chi connectivity index (χ4v) is 2.35. The fourth-order valence-electron chi connectivity index (χ4n) is 2.35. The van der Waals surface area contributed by atoms with Crippen LogP contribution in [0.5, 0.6) is 0 Å². The molecule has 0 radical (unpaired) electrons. The lowest BCUT2D eigenvalue weighted by molar-refractivity contribution is -0.164. The number of alkyl halides is 3. The van der Waals surface area contributed by atoms with Crippen LogP contribution in [0, 0.1) is 5.92 Å². The summed E-state index contributed by atoms with van der Waals surface area (Å²) in [5.41, 5.74) is 5.26. The number of nitrogens with two attached hydrogens (primary N) is 1. The number of carbonyl (C=O) groups excluding carboxylic acids is 2. The Kier molecular flexibility index (Phi) is 5.79. The average Bonchev–Trinajstić information content (AvgIpc) is 2.42. The van der Waals surface area contributed by atoms with Crippen LogP contribution in [0.15, 0.2) is 0 Å². The summed E-state index contributed by atoms with van der Waals surface area (Å²) in [7, 11) is 0. The first-order chi connectivity index (χ1) is 9.28. The van der Waals surface area contributed by atoms with Gasteiger partial charge in [-0.15, -0.1) is 0 Å². The van der Waals surface area contributed by atoms with E-state index in [1.807, 2.05) is 0 Å². The summed E-state index contributed by atoms with van der Waals surface area (Å²) in [6.45, 7) is 0.772. The second-order valence-corrected chi connectivity index (χ2v) is 4.85. The van der Waals surface area contributed by atoms with Gasteiger partial charge in [-0.2, -0.15) is 13.2 Å². The number of hydrogen-bond acceptors (Lipinski definition) is 3. The van der Waals surface area contributed by atoms with Gasteiger partial charge in [0.15, 0.2) is 0 Å². The Morgan fingerprint density at radius 3 is 2.55 bits per heavy atom. The first-order valence-corrected chi connectivity index (χ1v) is 6.61. The number of rotatable bonds is 4. The fraction of sp³-hybridized carbons (Fsp3) is 0.833. The highest BCUT2D eigenvalue weighted by atomic mass is 19.4. The molecule has 0 saturated carbocycles. The second-order valence-electron chi connectivity index (χ2n) is 4.85. The molecule has 1 unspecified atom stereocenters. The lowest BCUT2D eigenvalue weighted by Crippen LogP contribution is -2.49. The number of amides is 2. The third kappa shape index (κ3) is 4.66. The van der Waals surface area contributed by atoms with E-state index in [4.69, 9.17) is 5.73 Å². The number of likely N-dealkylation sites (tertiary alicyclic amines) is 1. The number of halogens is 3. The monoisotopic (exact) mass is 295 g/mol. The Morgan fingerprint density at radius 1 is 1.40 bits per heavy atom. The van der Waals surface area contributed by atoms with Gasteiger partial charge < -0.3 is 15.5 Å². The smallest absolute Gasteiger partial charge is 0.341 e. The molecule has 0 aromatic carbocycles. The molecule has 0 bridgehead atoms. The van der Waals surface area contributed by atoms with Gasteiger partial charge in [0.25, 0.3) is 0 Å². The molecule has 116 valence electrons. The summed E-state index contributed by atoms with van der Waals surface area (Å²) in [6.07, 6.45) is -3.31. The molecule has 1 rings (SSSR count). The van der Waals surface area contributed by atoms with E-state index < -0.39 is 24.5 Å². The van der Waals surface area contributed by atoms with Crippen LogP contribution in [0.3, 0.4) is 0 Å². The number of hydrogen-bond donors (Lipinski definition) is 1. The zero-order chi connectivity index (χ0) is 15.3. The van der Waals surface area contributed by atoms with Gasteiger partial charge in [-0.25, -0.2) is 0 Å². The molecule has 1 atom stereocenters. The molecule has 0 aromatic rings. The Bertz CT molecular complexity index is 360. The molecule has 1 fully saturated rings. The molecule has 1 heterocycles. The lowest BCUT2D eigenvalue weighted by Gasteiger charge is -2.34. The normalized spacial score (nSPS) is 19.9. The van der Waals surface area contributed by atoms with Crippen LogP contribution in [0.25, 0.3) is 0 Å². The highest BCUT2D eigenvalue weighted by Gasteiger charge is 2.36. The second kappa shape index (κ2) is 6.92.